The Labute approximate surface area is 92.1 Å². The van der Waals surface area contributed by atoms with Crippen molar-refractivity contribution >= 4 is 5.97 Å². The summed E-state index contributed by atoms with van der Waals surface area (Å²) in [5, 5.41) is 0. The molecule has 0 aromatic carbocycles. The molecule has 0 aliphatic carbocycles. The minimum absolute atomic E-state index is 0.140. The summed E-state index contributed by atoms with van der Waals surface area (Å²) in [5.74, 6) is 0.449. The Hall–Kier alpha value is -0.830. The lowest BCUT2D eigenvalue weighted by Gasteiger charge is -2.27. The molecule has 0 radical (unpaired) electrons. The molecule has 1 heterocycles. The van der Waals surface area contributed by atoms with Crippen LogP contribution in [-0.4, -0.2) is 38.1 Å². The Balaban J connectivity index is 2.85. The Kier molecular flexibility index (Phi) is 4.33. The third-order valence-corrected chi connectivity index (χ3v) is 2.72. The minimum atomic E-state index is -0.140. The molecule has 3 nitrogen and oxygen atoms in total. The molecule has 0 bridgehead atoms. The van der Waals surface area contributed by atoms with Crippen LogP contribution < -0.4 is 0 Å². The number of methoxy groups -OCH3 is 1. The van der Waals surface area contributed by atoms with Gasteiger partial charge in [0.2, 0.25) is 0 Å². The first-order valence-electron chi connectivity index (χ1n) is 5.52. The Morgan fingerprint density at radius 1 is 1.53 bits per heavy atom. The molecule has 0 amide bonds. The van der Waals surface area contributed by atoms with Gasteiger partial charge in [0.05, 0.1) is 7.11 Å². The van der Waals surface area contributed by atoms with Crippen molar-refractivity contribution in [3.8, 4) is 0 Å². The Morgan fingerprint density at radius 2 is 2.20 bits per heavy atom. The van der Waals surface area contributed by atoms with Crippen molar-refractivity contribution in [1.29, 1.82) is 0 Å². The quantitative estimate of drug-likeness (QED) is 0.667. The standard InChI is InChI=1S/C12H21NO2/c1-9(2)7-10-8-13(3)6-5-11(10)12(14)15-4/h9H,5-8H2,1-4H3. The van der Waals surface area contributed by atoms with E-state index in [-0.39, 0.29) is 5.97 Å². The maximum Gasteiger partial charge on any atom is 0.333 e. The van der Waals surface area contributed by atoms with Gasteiger partial charge in [-0.2, -0.15) is 0 Å². The fourth-order valence-corrected chi connectivity index (χ4v) is 2.03. The molecule has 0 fully saturated rings. The van der Waals surface area contributed by atoms with Gasteiger partial charge in [-0.15, -0.1) is 0 Å². The number of nitrogens with zero attached hydrogens (tertiary/aromatic N) is 1. The van der Waals surface area contributed by atoms with Crippen molar-refractivity contribution in [1.82, 2.24) is 4.90 Å². The normalized spacial score (nSPS) is 18.5. The second kappa shape index (κ2) is 5.31. The van der Waals surface area contributed by atoms with Crippen LogP contribution in [0.25, 0.3) is 0 Å². The first-order valence-corrected chi connectivity index (χ1v) is 5.52. The SMILES string of the molecule is COC(=O)C1=C(CC(C)C)CN(C)CC1. The Morgan fingerprint density at radius 3 is 2.73 bits per heavy atom. The van der Waals surface area contributed by atoms with Gasteiger partial charge in [-0.25, -0.2) is 4.79 Å². The van der Waals surface area contributed by atoms with Gasteiger partial charge in [-0.3, -0.25) is 0 Å². The van der Waals surface area contributed by atoms with Crippen molar-refractivity contribution in [2.24, 2.45) is 5.92 Å². The molecule has 0 aromatic rings. The molecular formula is C12H21NO2. The van der Waals surface area contributed by atoms with Crippen LogP contribution in [0.4, 0.5) is 0 Å². The summed E-state index contributed by atoms with van der Waals surface area (Å²) in [4.78, 5) is 13.8. The smallest absolute Gasteiger partial charge is 0.333 e. The van der Waals surface area contributed by atoms with Crippen molar-refractivity contribution in [3.63, 3.8) is 0 Å². The number of hydrogen-bond acceptors (Lipinski definition) is 3. The van der Waals surface area contributed by atoms with Crippen LogP contribution in [0.2, 0.25) is 0 Å². The summed E-state index contributed by atoms with van der Waals surface area (Å²) in [7, 11) is 3.55. The average Bonchev–Trinajstić information content (AvgIpc) is 2.16. The predicted octanol–water partition coefficient (Wildman–Crippen LogP) is 1.84. The highest BCUT2D eigenvalue weighted by molar-refractivity contribution is 5.89. The molecule has 1 rings (SSSR count). The third kappa shape index (κ3) is 3.34. The first-order chi connectivity index (χ1) is 7.04. The monoisotopic (exact) mass is 211 g/mol. The molecule has 0 aromatic heterocycles. The van der Waals surface area contributed by atoms with E-state index in [0.717, 1.165) is 31.5 Å². The van der Waals surface area contributed by atoms with E-state index < -0.39 is 0 Å². The maximum atomic E-state index is 11.6. The van der Waals surface area contributed by atoms with Crippen molar-refractivity contribution < 1.29 is 9.53 Å². The zero-order chi connectivity index (χ0) is 11.4. The second-order valence-corrected chi connectivity index (χ2v) is 4.66. The molecule has 86 valence electrons. The van der Waals surface area contributed by atoms with Crippen molar-refractivity contribution in [2.75, 3.05) is 27.2 Å². The molecule has 0 spiro atoms. The average molecular weight is 211 g/mol. The van der Waals surface area contributed by atoms with Crippen LogP contribution in [-0.2, 0) is 9.53 Å². The fourth-order valence-electron chi connectivity index (χ4n) is 2.03. The van der Waals surface area contributed by atoms with Crippen LogP contribution in [0.1, 0.15) is 26.7 Å². The summed E-state index contributed by atoms with van der Waals surface area (Å²) < 4.78 is 4.82. The van der Waals surface area contributed by atoms with Gasteiger partial charge in [0.25, 0.3) is 0 Å². The number of ether oxygens (including phenoxy) is 1. The molecular weight excluding hydrogens is 190 g/mol. The lowest BCUT2D eigenvalue weighted by atomic mass is 9.93. The van der Waals surface area contributed by atoms with Crippen LogP contribution in [0.3, 0.4) is 0 Å². The highest BCUT2D eigenvalue weighted by Gasteiger charge is 2.22. The molecule has 0 saturated carbocycles. The summed E-state index contributed by atoms with van der Waals surface area (Å²) in [6, 6.07) is 0. The van der Waals surface area contributed by atoms with Crippen molar-refractivity contribution in [3.05, 3.63) is 11.1 Å². The van der Waals surface area contributed by atoms with Crippen molar-refractivity contribution in [2.45, 2.75) is 26.7 Å². The predicted molar refractivity (Wildman–Crippen MR) is 60.6 cm³/mol. The minimum Gasteiger partial charge on any atom is -0.466 e. The zero-order valence-electron chi connectivity index (χ0n) is 10.2. The van der Waals surface area contributed by atoms with Crippen LogP contribution in [0.5, 0.6) is 0 Å². The fraction of sp³-hybridized carbons (Fsp3) is 0.750. The number of esters is 1. The van der Waals surface area contributed by atoms with E-state index in [2.05, 4.69) is 25.8 Å². The summed E-state index contributed by atoms with van der Waals surface area (Å²) >= 11 is 0. The summed E-state index contributed by atoms with van der Waals surface area (Å²) in [5.41, 5.74) is 2.16. The van der Waals surface area contributed by atoms with Crippen LogP contribution in [0, 0.1) is 5.92 Å². The molecule has 15 heavy (non-hydrogen) atoms. The summed E-state index contributed by atoms with van der Waals surface area (Å²) in [6.07, 6.45) is 1.82. The van der Waals surface area contributed by atoms with Gasteiger partial charge in [-0.05, 0) is 31.4 Å². The van der Waals surface area contributed by atoms with Gasteiger partial charge in [-0.1, -0.05) is 13.8 Å². The number of rotatable bonds is 3. The van der Waals surface area contributed by atoms with Gasteiger partial charge in [0.1, 0.15) is 0 Å². The number of hydrogen-bond donors (Lipinski definition) is 0. The molecule has 0 unspecified atom stereocenters. The van der Waals surface area contributed by atoms with Gasteiger partial charge in [0.15, 0.2) is 0 Å². The number of carbonyl (C=O) groups excluding carboxylic acids is 1. The lowest BCUT2D eigenvalue weighted by Crippen LogP contribution is -2.31. The van der Waals surface area contributed by atoms with Gasteiger partial charge in [0, 0.05) is 18.7 Å². The molecule has 0 saturated heterocycles. The van der Waals surface area contributed by atoms with E-state index in [1.54, 1.807) is 0 Å². The third-order valence-electron chi connectivity index (χ3n) is 2.72. The molecule has 0 N–H and O–H groups in total. The molecule has 1 aliphatic heterocycles. The number of likely N-dealkylation sites (N-methyl/N-ethyl adjacent to an activating group) is 1. The lowest BCUT2D eigenvalue weighted by molar-refractivity contribution is -0.136. The van der Waals surface area contributed by atoms with E-state index in [1.165, 1.54) is 12.7 Å². The topological polar surface area (TPSA) is 29.5 Å². The van der Waals surface area contributed by atoms with E-state index in [4.69, 9.17) is 4.74 Å². The van der Waals surface area contributed by atoms with Crippen LogP contribution in [0.15, 0.2) is 11.1 Å². The number of carbonyl (C=O) groups is 1. The van der Waals surface area contributed by atoms with Gasteiger partial charge < -0.3 is 9.64 Å². The van der Waals surface area contributed by atoms with E-state index in [0.29, 0.717) is 5.92 Å². The maximum absolute atomic E-state index is 11.6. The zero-order valence-corrected chi connectivity index (χ0v) is 10.2. The second-order valence-electron chi connectivity index (χ2n) is 4.66. The molecule has 1 aliphatic rings. The van der Waals surface area contributed by atoms with Crippen LogP contribution >= 0.6 is 0 Å². The highest BCUT2D eigenvalue weighted by atomic mass is 16.5. The van der Waals surface area contributed by atoms with Gasteiger partial charge >= 0.3 is 5.97 Å². The van der Waals surface area contributed by atoms with E-state index in [9.17, 15) is 4.79 Å². The highest BCUT2D eigenvalue weighted by Crippen LogP contribution is 2.23. The summed E-state index contributed by atoms with van der Waals surface area (Å²) in [6.45, 7) is 6.21. The van der Waals surface area contributed by atoms with E-state index >= 15 is 0 Å². The Bertz CT molecular complexity index is 269. The molecule has 3 heteroatoms. The first kappa shape index (κ1) is 12.2. The van der Waals surface area contributed by atoms with E-state index in [1.807, 2.05) is 0 Å². The molecule has 0 atom stereocenters. The largest absolute Gasteiger partial charge is 0.466 e.